The van der Waals surface area contributed by atoms with E-state index in [4.69, 9.17) is 9.47 Å². The highest BCUT2D eigenvalue weighted by atomic mass is 16.6. The minimum absolute atomic E-state index is 0.0575. The van der Waals surface area contributed by atoms with Gasteiger partial charge < -0.3 is 14.6 Å². The summed E-state index contributed by atoms with van der Waals surface area (Å²) in [7, 11) is 0. The minimum atomic E-state index is -0.615. The third-order valence-corrected chi connectivity index (χ3v) is 5.05. The Bertz CT molecular complexity index is 399. The molecule has 2 saturated heterocycles. The summed E-state index contributed by atoms with van der Waals surface area (Å²) in [4.78, 5) is 14.3. The second-order valence-corrected chi connectivity index (χ2v) is 7.87. The lowest BCUT2D eigenvalue weighted by molar-refractivity contribution is -0.166. The maximum Gasteiger partial charge on any atom is 0.410 e. The quantitative estimate of drug-likeness (QED) is 0.807. The number of rotatable bonds is 1. The molecular weight excluding hydrogens is 270 g/mol. The predicted octanol–water partition coefficient (Wildman–Crippen LogP) is 2.32. The van der Waals surface area contributed by atoms with Crippen LogP contribution in [0.1, 0.15) is 52.9 Å². The van der Waals surface area contributed by atoms with Gasteiger partial charge >= 0.3 is 6.09 Å². The van der Waals surface area contributed by atoms with Crippen molar-refractivity contribution < 1.29 is 19.4 Å². The largest absolute Gasteiger partial charge is 0.444 e. The van der Waals surface area contributed by atoms with Crippen molar-refractivity contribution in [3.63, 3.8) is 0 Å². The van der Waals surface area contributed by atoms with E-state index in [1.807, 2.05) is 25.7 Å². The van der Waals surface area contributed by atoms with Crippen molar-refractivity contribution >= 4 is 6.09 Å². The van der Waals surface area contributed by atoms with Crippen LogP contribution < -0.4 is 0 Å². The fourth-order valence-corrected chi connectivity index (χ4v) is 3.90. The van der Waals surface area contributed by atoms with E-state index in [0.29, 0.717) is 32.0 Å². The van der Waals surface area contributed by atoms with Gasteiger partial charge in [-0.25, -0.2) is 4.79 Å². The number of nitrogens with zero attached hydrogens (tertiary/aromatic N) is 1. The first kappa shape index (κ1) is 15.1. The second-order valence-electron chi connectivity index (χ2n) is 7.87. The number of hydrogen-bond acceptors (Lipinski definition) is 4. The zero-order chi connectivity index (χ0) is 15.3. The number of aliphatic hydroxyl groups is 1. The Hall–Kier alpha value is -0.810. The van der Waals surface area contributed by atoms with Gasteiger partial charge in [-0.15, -0.1) is 0 Å². The zero-order valence-corrected chi connectivity index (χ0v) is 13.3. The van der Waals surface area contributed by atoms with Crippen LogP contribution in [0.2, 0.25) is 0 Å². The zero-order valence-electron chi connectivity index (χ0n) is 13.3. The van der Waals surface area contributed by atoms with E-state index in [1.165, 1.54) is 6.42 Å². The normalized spacial score (nSPS) is 37.0. The van der Waals surface area contributed by atoms with Crippen LogP contribution in [0.15, 0.2) is 0 Å². The number of carbonyl (C=O) groups is 1. The van der Waals surface area contributed by atoms with Crippen molar-refractivity contribution in [2.75, 3.05) is 13.2 Å². The third kappa shape index (κ3) is 2.90. The summed E-state index contributed by atoms with van der Waals surface area (Å²) in [5, 5.41) is 11.0. The second kappa shape index (κ2) is 5.13. The SMILES string of the molecule is CC(C)(C)OC(=O)N1C2COCC1CC(O)(C1CCC1)C2. The van der Waals surface area contributed by atoms with Crippen LogP contribution in [0.3, 0.4) is 0 Å². The molecule has 2 aliphatic heterocycles. The highest BCUT2D eigenvalue weighted by molar-refractivity contribution is 5.69. The van der Waals surface area contributed by atoms with Gasteiger partial charge in [0.2, 0.25) is 0 Å². The maximum atomic E-state index is 12.5. The van der Waals surface area contributed by atoms with Crippen molar-refractivity contribution in [3.8, 4) is 0 Å². The number of fused-ring (bicyclic) bond motifs is 2. The van der Waals surface area contributed by atoms with Crippen LogP contribution in [0, 0.1) is 5.92 Å². The Morgan fingerprint density at radius 2 is 1.81 bits per heavy atom. The predicted molar refractivity (Wildman–Crippen MR) is 78.0 cm³/mol. The van der Waals surface area contributed by atoms with E-state index in [9.17, 15) is 9.90 Å². The number of piperidine rings is 1. The fraction of sp³-hybridized carbons (Fsp3) is 0.938. The van der Waals surface area contributed by atoms with Crippen LogP contribution in [0.25, 0.3) is 0 Å². The van der Waals surface area contributed by atoms with Gasteiger partial charge in [-0.2, -0.15) is 0 Å². The highest BCUT2D eigenvalue weighted by Crippen LogP contribution is 2.46. The molecule has 0 aromatic heterocycles. The molecule has 2 unspecified atom stereocenters. The van der Waals surface area contributed by atoms with Crippen molar-refractivity contribution in [3.05, 3.63) is 0 Å². The molecule has 21 heavy (non-hydrogen) atoms. The number of amides is 1. The molecule has 1 amide bonds. The summed E-state index contributed by atoms with van der Waals surface area (Å²) in [5.74, 6) is 0.404. The van der Waals surface area contributed by atoms with Gasteiger partial charge in [0.1, 0.15) is 5.60 Å². The van der Waals surface area contributed by atoms with Gasteiger partial charge in [0.15, 0.2) is 0 Å². The van der Waals surface area contributed by atoms with Gasteiger partial charge in [0.05, 0.1) is 30.9 Å². The molecule has 5 nitrogen and oxygen atoms in total. The van der Waals surface area contributed by atoms with Crippen molar-refractivity contribution in [1.29, 1.82) is 0 Å². The molecule has 1 N–H and O–H groups in total. The van der Waals surface area contributed by atoms with Gasteiger partial charge in [0.25, 0.3) is 0 Å². The smallest absolute Gasteiger partial charge is 0.410 e. The molecule has 120 valence electrons. The van der Waals surface area contributed by atoms with Crippen LogP contribution in [-0.4, -0.2) is 52.6 Å². The molecule has 3 rings (SSSR count). The molecule has 2 bridgehead atoms. The summed E-state index contributed by atoms with van der Waals surface area (Å²) < 4.78 is 11.1. The Kier molecular flexibility index (Phi) is 3.69. The number of carbonyl (C=O) groups excluding carboxylic acids is 1. The van der Waals surface area contributed by atoms with Crippen molar-refractivity contribution in [1.82, 2.24) is 4.90 Å². The van der Waals surface area contributed by atoms with Crippen LogP contribution >= 0.6 is 0 Å². The molecule has 1 aliphatic carbocycles. The number of morpholine rings is 1. The lowest BCUT2D eigenvalue weighted by Gasteiger charge is -2.55. The van der Waals surface area contributed by atoms with Gasteiger partial charge in [-0.05, 0) is 52.4 Å². The molecule has 2 heterocycles. The molecule has 1 saturated carbocycles. The molecule has 0 radical (unpaired) electrons. The van der Waals surface area contributed by atoms with E-state index < -0.39 is 11.2 Å². The van der Waals surface area contributed by atoms with E-state index in [2.05, 4.69) is 0 Å². The third-order valence-electron chi connectivity index (χ3n) is 5.05. The average Bonchev–Trinajstić information content (AvgIpc) is 2.21. The van der Waals surface area contributed by atoms with E-state index in [1.54, 1.807) is 0 Å². The summed E-state index contributed by atoms with van der Waals surface area (Å²) >= 11 is 0. The van der Waals surface area contributed by atoms with Crippen LogP contribution in [0.4, 0.5) is 4.79 Å². The molecule has 0 aromatic rings. The monoisotopic (exact) mass is 297 g/mol. The molecule has 3 aliphatic rings. The molecule has 3 fully saturated rings. The van der Waals surface area contributed by atoms with Crippen molar-refractivity contribution in [2.45, 2.75) is 76.2 Å². The van der Waals surface area contributed by atoms with Crippen LogP contribution in [-0.2, 0) is 9.47 Å². The maximum absolute atomic E-state index is 12.5. The topological polar surface area (TPSA) is 59.0 Å². The fourth-order valence-electron chi connectivity index (χ4n) is 3.90. The molecule has 0 aromatic carbocycles. The Labute approximate surface area is 126 Å². The summed E-state index contributed by atoms with van der Waals surface area (Å²) in [6.07, 6.45) is 4.42. The van der Waals surface area contributed by atoms with E-state index in [0.717, 1.165) is 12.8 Å². The van der Waals surface area contributed by atoms with E-state index in [-0.39, 0.29) is 18.2 Å². The average molecular weight is 297 g/mol. The van der Waals surface area contributed by atoms with Gasteiger partial charge in [-0.3, -0.25) is 4.90 Å². The van der Waals surface area contributed by atoms with Gasteiger partial charge in [0, 0.05) is 0 Å². The summed E-state index contributed by atoms with van der Waals surface area (Å²) in [6.45, 7) is 6.65. The Morgan fingerprint density at radius 3 is 2.24 bits per heavy atom. The highest BCUT2D eigenvalue weighted by Gasteiger charge is 2.52. The molecule has 2 atom stereocenters. The Balaban J connectivity index is 1.74. The summed E-state index contributed by atoms with van der Waals surface area (Å²) in [6, 6.07) is -0.115. The van der Waals surface area contributed by atoms with Gasteiger partial charge in [-0.1, -0.05) is 6.42 Å². The first-order valence-corrected chi connectivity index (χ1v) is 8.10. The lowest BCUT2D eigenvalue weighted by atomic mass is 9.65. The number of hydrogen-bond donors (Lipinski definition) is 1. The number of ether oxygens (including phenoxy) is 2. The Morgan fingerprint density at radius 1 is 1.24 bits per heavy atom. The first-order chi connectivity index (χ1) is 9.78. The standard InChI is InChI=1S/C16H27NO4/c1-15(2,3)21-14(18)17-12-7-16(19,11-5-4-6-11)8-13(17)10-20-9-12/h11-13,19H,4-10H2,1-3H3. The van der Waals surface area contributed by atoms with E-state index >= 15 is 0 Å². The van der Waals surface area contributed by atoms with Crippen LogP contribution in [0.5, 0.6) is 0 Å². The lowest BCUT2D eigenvalue weighted by Crippen LogP contribution is -2.65. The first-order valence-electron chi connectivity index (χ1n) is 8.10. The van der Waals surface area contributed by atoms with Crippen molar-refractivity contribution in [2.24, 2.45) is 5.92 Å². The molecule has 0 spiro atoms. The molecule has 5 heteroatoms. The summed E-state index contributed by atoms with van der Waals surface area (Å²) in [5.41, 5.74) is -1.11. The minimum Gasteiger partial charge on any atom is -0.444 e. The molecular formula is C16H27NO4.